The van der Waals surface area contributed by atoms with Gasteiger partial charge >= 0.3 is 5.97 Å². The van der Waals surface area contributed by atoms with E-state index in [1.165, 1.54) is 0 Å². The molecule has 1 saturated heterocycles. The zero-order valence-corrected chi connectivity index (χ0v) is 9.95. The first kappa shape index (κ1) is 12.5. The average Bonchev–Trinajstić information content (AvgIpc) is 2.26. The van der Waals surface area contributed by atoms with Crippen molar-refractivity contribution >= 4 is 5.97 Å². The Labute approximate surface area is 91.7 Å². The number of rotatable bonds is 1. The Morgan fingerprint density at radius 3 is 2.67 bits per heavy atom. The second kappa shape index (κ2) is 4.94. The highest BCUT2D eigenvalue weighted by molar-refractivity contribution is 5.73. The van der Waals surface area contributed by atoms with Gasteiger partial charge in [0.05, 0.1) is 5.92 Å². The van der Waals surface area contributed by atoms with E-state index < -0.39 is 5.60 Å². The summed E-state index contributed by atoms with van der Waals surface area (Å²) in [7, 11) is 0. The second-order valence-corrected chi connectivity index (χ2v) is 5.22. The molecule has 0 aromatic rings. The number of nitrogens with two attached hydrogens (primary N) is 1. The fourth-order valence-corrected chi connectivity index (χ4v) is 1.75. The highest BCUT2D eigenvalue weighted by Crippen LogP contribution is 2.19. The molecule has 1 atom stereocenters. The number of ether oxygens (including phenoxy) is 1. The topological polar surface area (TPSA) is 55.6 Å². The van der Waals surface area contributed by atoms with E-state index in [9.17, 15) is 4.79 Å². The van der Waals surface area contributed by atoms with E-state index in [4.69, 9.17) is 10.6 Å². The second-order valence-electron chi connectivity index (χ2n) is 5.22. The fourth-order valence-electron chi connectivity index (χ4n) is 1.75. The molecule has 0 radical (unpaired) electrons. The highest BCUT2D eigenvalue weighted by Gasteiger charge is 2.27. The van der Waals surface area contributed by atoms with Crippen molar-refractivity contribution in [1.82, 2.24) is 5.01 Å². The van der Waals surface area contributed by atoms with Crippen molar-refractivity contribution in [1.29, 1.82) is 0 Å². The quantitative estimate of drug-likeness (QED) is 0.528. The number of hydrazine groups is 1. The van der Waals surface area contributed by atoms with Crippen LogP contribution in [0.3, 0.4) is 0 Å². The normalized spacial score (nSPS) is 24.7. The molecule has 0 aromatic heterocycles. The molecule has 0 saturated carbocycles. The van der Waals surface area contributed by atoms with Crippen LogP contribution in [0, 0.1) is 5.92 Å². The lowest BCUT2D eigenvalue weighted by Crippen LogP contribution is -2.39. The van der Waals surface area contributed by atoms with Crippen LogP contribution in [0.25, 0.3) is 0 Å². The van der Waals surface area contributed by atoms with Gasteiger partial charge in [-0.05, 0) is 33.6 Å². The summed E-state index contributed by atoms with van der Waals surface area (Å²) in [5.74, 6) is 5.58. The monoisotopic (exact) mass is 214 g/mol. The maximum absolute atomic E-state index is 11.8. The lowest BCUT2D eigenvalue weighted by atomic mass is 10.0. The Bertz CT molecular complexity index is 223. The van der Waals surface area contributed by atoms with Crippen LogP contribution in [-0.2, 0) is 9.53 Å². The zero-order chi connectivity index (χ0) is 11.5. The summed E-state index contributed by atoms with van der Waals surface area (Å²) in [6, 6.07) is 0. The van der Waals surface area contributed by atoms with E-state index in [-0.39, 0.29) is 11.9 Å². The fraction of sp³-hybridized carbons (Fsp3) is 0.909. The van der Waals surface area contributed by atoms with Crippen LogP contribution < -0.4 is 5.84 Å². The Balaban J connectivity index is 2.50. The number of nitrogens with zero attached hydrogens (tertiary/aromatic N) is 1. The van der Waals surface area contributed by atoms with Crippen molar-refractivity contribution in [2.24, 2.45) is 11.8 Å². The van der Waals surface area contributed by atoms with Gasteiger partial charge in [-0.25, -0.2) is 5.01 Å². The molecule has 0 aliphatic carbocycles. The molecule has 0 bridgehead atoms. The molecule has 0 amide bonds. The van der Waals surface area contributed by atoms with Gasteiger partial charge in [0.15, 0.2) is 0 Å². The molecule has 4 heteroatoms. The highest BCUT2D eigenvalue weighted by atomic mass is 16.6. The smallest absolute Gasteiger partial charge is 0.310 e. The van der Waals surface area contributed by atoms with E-state index in [0.717, 1.165) is 25.8 Å². The Kier molecular flexibility index (Phi) is 4.11. The van der Waals surface area contributed by atoms with Crippen LogP contribution in [0.15, 0.2) is 0 Å². The minimum absolute atomic E-state index is 0.0586. The van der Waals surface area contributed by atoms with Crippen LogP contribution in [0.2, 0.25) is 0 Å². The number of hydrogen-bond acceptors (Lipinski definition) is 4. The molecule has 0 unspecified atom stereocenters. The summed E-state index contributed by atoms with van der Waals surface area (Å²) in [5.41, 5.74) is -0.400. The Morgan fingerprint density at radius 2 is 2.07 bits per heavy atom. The lowest BCUT2D eigenvalue weighted by molar-refractivity contribution is -0.160. The van der Waals surface area contributed by atoms with Gasteiger partial charge in [-0.1, -0.05) is 6.42 Å². The summed E-state index contributed by atoms with van der Waals surface area (Å²) in [6.07, 6.45) is 3.01. The van der Waals surface area contributed by atoms with Crippen molar-refractivity contribution in [2.75, 3.05) is 13.1 Å². The van der Waals surface area contributed by atoms with E-state index in [1.807, 2.05) is 20.8 Å². The molecule has 0 spiro atoms. The van der Waals surface area contributed by atoms with Gasteiger partial charge in [-0.2, -0.15) is 0 Å². The van der Waals surface area contributed by atoms with Gasteiger partial charge in [0, 0.05) is 13.1 Å². The number of hydrogen-bond donors (Lipinski definition) is 1. The standard InChI is InChI=1S/C11H22N2O2/c1-11(2,3)15-10(14)9-6-4-5-7-13(12)8-9/h9H,4-8,12H2,1-3H3/t9-/m1/s1. The first-order valence-electron chi connectivity index (χ1n) is 5.61. The Morgan fingerprint density at radius 1 is 1.40 bits per heavy atom. The van der Waals surface area contributed by atoms with Crippen molar-refractivity contribution in [3.8, 4) is 0 Å². The summed E-state index contributed by atoms with van der Waals surface area (Å²) < 4.78 is 5.36. The van der Waals surface area contributed by atoms with E-state index in [0.29, 0.717) is 6.54 Å². The molecule has 1 aliphatic heterocycles. The summed E-state index contributed by atoms with van der Waals surface area (Å²) >= 11 is 0. The average molecular weight is 214 g/mol. The maximum atomic E-state index is 11.8. The molecule has 2 N–H and O–H groups in total. The molecular formula is C11H22N2O2. The predicted molar refractivity (Wildman–Crippen MR) is 58.9 cm³/mol. The van der Waals surface area contributed by atoms with Crippen LogP contribution in [0.4, 0.5) is 0 Å². The van der Waals surface area contributed by atoms with Gasteiger partial charge in [0.1, 0.15) is 5.60 Å². The first-order valence-corrected chi connectivity index (χ1v) is 5.61. The van der Waals surface area contributed by atoms with Gasteiger partial charge in [-0.15, -0.1) is 0 Å². The molecular weight excluding hydrogens is 192 g/mol. The van der Waals surface area contributed by atoms with Crippen LogP contribution in [0.1, 0.15) is 40.0 Å². The van der Waals surface area contributed by atoms with Gasteiger partial charge in [0.2, 0.25) is 0 Å². The van der Waals surface area contributed by atoms with Crippen molar-refractivity contribution < 1.29 is 9.53 Å². The molecule has 15 heavy (non-hydrogen) atoms. The molecule has 1 aliphatic rings. The summed E-state index contributed by atoms with van der Waals surface area (Å²) in [6.45, 7) is 7.17. The summed E-state index contributed by atoms with van der Waals surface area (Å²) in [4.78, 5) is 11.8. The number of esters is 1. The van der Waals surface area contributed by atoms with E-state index in [2.05, 4.69) is 0 Å². The SMILES string of the molecule is CC(C)(C)OC(=O)[C@@H]1CCCCN(N)C1. The predicted octanol–water partition coefficient (Wildman–Crippen LogP) is 1.30. The third-order valence-corrected chi connectivity index (χ3v) is 2.44. The van der Waals surface area contributed by atoms with Crippen molar-refractivity contribution in [3.63, 3.8) is 0 Å². The van der Waals surface area contributed by atoms with Gasteiger partial charge in [0.25, 0.3) is 0 Å². The first-order chi connectivity index (χ1) is 6.88. The number of carbonyl (C=O) groups is 1. The Hall–Kier alpha value is -0.610. The van der Waals surface area contributed by atoms with Crippen LogP contribution in [-0.4, -0.2) is 29.7 Å². The van der Waals surface area contributed by atoms with Gasteiger partial charge < -0.3 is 4.74 Å². The summed E-state index contributed by atoms with van der Waals surface area (Å²) in [5, 5.41) is 1.72. The largest absolute Gasteiger partial charge is 0.460 e. The zero-order valence-electron chi connectivity index (χ0n) is 9.95. The molecule has 1 rings (SSSR count). The van der Waals surface area contributed by atoms with Crippen LogP contribution >= 0.6 is 0 Å². The minimum Gasteiger partial charge on any atom is -0.460 e. The third-order valence-electron chi connectivity index (χ3n) is 2.44. The van der Waals surface area contributed by atoms with Gasteiger partial charge in [-0.3, -0.25) is 10.6 Å². The lowest BCUT2D eigenvalue weighted by Gasteiger charge is -2.24. The van der Waals surface area contributed by atoms with Crippen molar-refractivity contribution in [2.45, 2.75) is 45.6 Å². The van der Waals surface area contributed by atoms with E-state index >= 15 is 0 Å². The van der Waals surface area contributed by atoms with Crippen LogP contribution in [0.5, 0.6) is 0 Å². The number of carbonyl (C=O) groups excluding carboxylic acids is 1. The minimum atomic E-state index is -0.400. The van der Waals surface area contributed by atoms with E-state index in [1.54, 1.807) is 5.01 Å². The molecule has 1 fully saturated rings. The molecule has 1 heterocycles. The third kappa shape index (κ3) is 4.62. The molecule has 0 aromatic carbocycles. The maximum Gasteiger partial charge on any atom is 0.310 e. The van der Waals surface area contributed by atoms with Crippen molar-refractivity contribution in [3.05, 3.63) is 0 Å². The molecule has 4 nitrogen and oxygen atoms in total. The molecule has 88 valence electrons.